The van der Waals surface area contributed by atoms with E-state index in [1.807, 2.05) is 49.4 Å². The first-order valence-electron chi connectivity index (χ1n) is 12.4. The van der Waals surface area contributed by atoms with Crippen LogP contribution >= 0.6 is 23.2 Å². The van der Waals surface area contributed by atoms with Crippen LogP contribution in [0.5, 0.6) is 0 Å². The zero-order valence-corrected chi connectivity index (χ0v) is 21.5. The molecule has 2 fully saturated rings. The smallest absolute Gasteiger partial charge is 0.250 e. The SMILES string of the molecule is Cc1ccc2c(c1)[C@]1(C(=O)N2)[C@H](C(=O)c2ccc(Cl)cc2Cl)[C@]2(C(=O)Nc3ccccc32)[C@H]2CCCN21. The normalized spacial score (nSPS) is 29.4. The van der Waals surface area contributed by atoms with E-state index in [0.717, 1.165) is 23.1 Å². The number of hydrogen-bond acceptors (Lipinski definition) is 4. The Labute approximate surface area is 223 Å². The summed E-state index contributed by atoms with van der Waals surface area (Å²) in [5, 5.41) is 6.72. The van der Waals surface area contributed by atoms with Crippen LogP contribution in [0.15, 0.2) is 60.7 Å². The molecule has 3 aromatic carbocycles. The molecule has 37 heavy (non-hydrogen) atoms. The number of anilines is 2. The number of halogens is 2. The summed E-state index contributed by atoms with van der Waals surface area (Å²) in [6, 6.07) is 17.7. The van der Waals surface area contributed by atoms with E-state index < -0.39 is 16.9 Å². The van der Waals surface area contributed by atoms with Crippen LogP contribution in [0.4, 0.5) is 11.4 Å². The highest BCUT2D eigenvalue weighted by atomic mass is 35.5. The maximum Gasteiger partial charge on any atom is 0.250 e. The number of rotatable bonds is 2. The second-order valence-electron chi connectivity index (χ2n) is 10.4. The van der Waals surface area contributed by atoms with Crippen LogP contribution in [-0.4, -0.2) is 35.1 Å². The second kappa shape index (κ2) is 7.67. The van der Waals surface area contributed by atoms with Crippen molar-refractivity contribution in [3.05, 3.63) is 93.0 Å². The molecule has 2 saturated heterocycles. The van der Waals surface area contributed by atoms with E-state index in [1.54, 1.807) is 12.1 Å². The maximum absolute atomic E-state index is 14.8. The fourth-order valence-electron chi connectivity index (χ4n) is 7.50. The number of carbonyl (C=O) groups is 3. The van der Waals surface area contributed by atoms with Crippen molar-refractivity contribution in [2.75, 3.05) is 17.2 Å². The first-order chi connectivity index (χ1) is 17.8. The van der Waals surface area contributed by atoms with Crippen molar-refractivity contribution in [3.8, 4) is 0 Å². The first kappa shape index (κ1) is 23.0. The van der Waals surface area contributed by atoms with Gasteiger partial charge in [0.1, 0.15) is 11.0 Å². The van der Waals surface area contributed by atoms with E-state index in [2.05, 4.69) is 15.5 Å². The molecule has 0 bridgehead atoms. The quantitative estimate of drug-likeness (QED) is 0.439. The maximum atomic E-state index is 14.8. The van der Waals surface area contributed by atoms with E-state index in [4.69, 9.17) is 23.2 Å². The van der Waals surface area contributed by atoms with Crippen molar-refractivity contribution < 1.29 is 14.4 Å². The molecule has 6 nitrogen and oxygen atoms in total. The Morgan fingerprint density at radius 3 is 2.51 bits per heavy atom. The predicted octanol–water partition coefficient (Wildman–Crippen LogP) is 5.32. The number of nitrogens with zero attached hydrogens (tertiary/aromatic N) is 1. The van der Waals surface area contributed by atoms with Gasteiger partial charge in [0.25, 0.3) is 0 Å². The molecule has 4 heterocycles. The minimum Gasteiger partial charge on any atom is -0.325 e. The molecule has 2 spiro atoms. The van der Waals surface area contributed by atoms with E-state index in [9.17, 15) is 14.4 Å². The Hall–Kier alpha value is -3.19. The fraction of sp³-hybridized carbons (Fsp3) is 0.276. The van der Waals surface area contributed by atoms with E-state index in [-0.39, 0.29) is 34.2 Å². The number of hydrogen-bond donors (Lipinski definition) is 2. The molecule has 0 aromatic heterocycles. The molecule has 0 saturated carbocycles. The van der Waals surface area contributed by atoms with Crippen molar-refractivity contribution in [2.24, 2.45) is 5.92 Å². The van der Waals surface area contributed by atoms with Gasteiger partial charge in [-0.2, -0.15) is 0 Å². The largest absolute Gasteiger partial charge is 0.325 e. The van der Waals surface area contributed by atoms with Gasteiger partial charge >= 0.3 is 0 Å². The summed E-state index contributed by atoms with van der Waals surface area (Å²) in [6.07, 6.45) is 1.51. The number of amides is 2. The first-order valence-corrected chi connectivity index (χ1v) is 13.2. The van der Waals surface area contributed by atoms with Crippen LogP contribution in [0.1, 0.15) is 39.9 Å². The summed E-state index contributed by atoms with van der Waals surface area (Å²) in [6.45, 7) is 2.56. The van der Waals surface area contributed by atoms with Gasteiger partial charge in [0.2, 0.25) is 11.8 Å². The van der Waals surface area contributed by atoms with Crippen LogP contribution in [0.3, 0.4) is 0 Å². The van der Waals surface area contributed by atoms with Gasteiger partial charge in [0, 0.05) is 33.6 Å². The molecule has 0 unspecified atom stereocenters. The molecular formula is C29H23Cl2N3O3. The van der Waals surface area contributed by atoms with Gasteiger partial charge in [-0.25, -0.2) is 0 Å². The third-order valence-electron chi connectivity index (χ3n) is 8.74. The van der Waals surface area contributed by atoms with Crippen LogP contribution in [0, 0.1) is 12.8 Å². The van der Waals surface area contributed by atoms with Crippen molar-refractivity contribution in [1.29, 1.82) is 0 Å². The van der Waals surface area contributed by atoms with Crippen LogP contribution in [-0.2, 0) is 20.5 Å². The van der Waals surface area contributed by atoms with Gasteiger partial charge < -0.3 is 10.6 Å². The standard InChI is InChI=1S/C29H23Cl2N3O3/c1-15-8-11-22-19(13-15)29(27(37)33-22)25(24(35)17-10-9-16(30)14-20(17)31)28(23-7-4-12-34(23)29)18-5-2-3-6-21(18)32-26(28)36/h2-3,5-6,8-11,13-14,23,25H,4,7,12H2,1H3,(H,32,36)(H,33,37)/t23-,25-,28-,29-/m1/s1. The summed E-state index contributed by atoms with van der Waals surface area (Å²) < 4.78 is 0. The molecule has 2 amide bonds. The summed E-state index contributed by atoms with van der Waals surface area (Å²) >= 11 is 12.8. The number of para-hydroxylation sites is 1. The Kier molecular flexibility index (Phi) is 4.76. The average Bonchev–Trinajstić information content (AvgIpc) is 3.58. The molecule has 4 aliphatic rings. The number of nitrogens with one attached hydrogen (secondary N) is 2. The molecule has 186 valence electrons. The zero-order chi connectivity index (χ0) is 25.7. The highest BCUT2D eigenvalue weighted by Crippen LogP contribution is 2.66. The molecule has 8 heteroatoms. The minimum atomic E-state index is -1.36. The topological polar surface area (TPSA) is 78.5 Å². The minimum absolute atomic E-state index is 0.199. The predicted molar refractivity (Wildman–Crippen MR) is 142 cm³/mol. The van der Waals surface area contributed by atoms with Gasteiger partial charge in [-0.05, 0) is 62.2 Å². The lowest BCUT2D eigenvalue weighted by atomic mass is 9.60. The Bertz CT molecular complexity index is 1560. The van der Waals surface area contributed by atoms with Gasteiger partial charge in [0.15, 0.2) is 5.78 Å². The number of carbonyl (C=O) groups excluding carboxylic acids is 3. The Morgan fingerprint density at radius 2 is 1.70 bits per heavy atom. The van der Waals surface area contributed by atoms with Gasteiger partial charge in [-0.1, -0.05) is 59.1 Å². The molecule has 3 aromatic rings. The summed E-state index contributed by atoms with van der Waals surface area (Å²) in [5.41, 5.74) is 1.44. The monoisotopic (exact) mass is 531 g/mol. The Morgan fingerprint density at radius 1 is 0.946 bits per heavy atom. The number of fused-ring (bicyclic) bond motifs is 7. The lowest BCUT2D eigenvalue weighted by Crippen LogP contribution is -2.55. The van der Waals surface area contributed by atoms with Gasteiger partial charge in [-0.3, -0.25) is 19.3 Å². The average molecular weight is 532 g/mol. The van der Waals surface area contributed by atoms with Gasteiger partial charge in [-0.15, -0.1) is 0 Å². The van der Waals surface area contributed by atoms with Crippen LogP contribution in [0.2, 0.25) is 10.0 Å². The number of benzene rings is 3. The van der Waals surface area contributed by atoms with Gasteiger partial charge in [0.05, 0.1) is 10.9 Å². The Balaban J connectivity index is 1.60. The number of aryl methyl sites for hydroxylation is 1. The fourth-order valence-corrected chi connectivity index (χ4v) is 8.01. The van der Waals surface area contributed by atoms with Crippen LogP contribution in [0.25, 0.3) is 0 Å². The molecule has 7 rings (SSSR count). The van der Waals surface area contributed by atoms with E-state index >= 15 is 0 Å². The van der Waals surface area contributed by atoms with Crippen molar-refractivity contribution in [1.82, 2.24) is 4.90 Å². The summed E-state index contributed by atoms with van der Waals surface area (Å²) in [4.78, 5) is 45.4. The van der Waals surface area contributed by atoms with Crippen molar-refractivity contribution >= 4 is 52.2 Å². The van der Waals surface area contributed by atoms with Crippen molar-refractivity contribution in [3.63, 3.8) is 0 Å². The van der Waals surface area contributed by atoms with Crippen molar-refractivity contribution in [2.45, 2.75) is 36.8 Å². The molecule has 4 aliphatic heterocycles. The third-order valence-corrected chi connectivity index (χ3v) is 9.29. The third kappa shape index (κ3) is 2.68. The summed E-state index contributed by atoms with van der Waals surface area (Å²) in [5.74, 6) is -1.92. The summed E-state index contributed by atoms with van der Waals surface area (Å²) in [7, 11) is 0. The van der Waals surface area contributed by atoms with Crippen LogP contribution < -0.4 is 10.6 Å². The lowest BCUT2D eigenvalue weighted by Gasteiger charge is -2.38. The zero-order valence-electron chi connectivity index (χ0n) is 20.0. The molecule has 0 radical (unpaired) electrons. The molecular weight excluding hydrogens is 509 g/mol. The van der Waals surface area contributed by atoms with E-state index in [1.165, 1.54) is 6.07 Å². The number of ketones is 1. The molecule has 0 aliphatic carbocycles. The van der Waals surface area contributed by atoms with E-state index in [0.29, 0.717) is 29.4 Å². The lowest BCUT2D eigenvalue weighted by molar-refractivity contribution is -0.128. The molecule has 2 N–H and O–H groups in total. The highest BCUT2D eigenvalue weighted by molar-refractivity contribution is 6.37. The highest BCUT2D eigenvalue weighted by Gasteiger charge is 2.78. The molecule has 4 atom stereocenters. The second-order valence-corrected chi connectivity index (χ2v) is 11.3. The number of Topliss-reactive ketones (excluding diaryl/α,β-unsaturated/α-hetero) is 1.